The molecule has 9 heteroatoms. The van der Waals surface area contributed by atoms with Crippen LogP contribution in [0.5, 0.6) is 5.88 Å². The summed E-state index contributed by atoms with van der Waals surface area (Å²) in [6, 6.07) is 2.41. The van der Waals surface area contributed by atoms with E-state index < -0.39 is 19.0 Å². The van der Waals surface area contributed by atoms with E-state index in [4.69, 9.17) is 10.9 Å². The van der Waals surface area contributed by atoms with E-state index in [2.05, 4.69) is 14.9 Å². The molecule has 0 aromatic carbocycles. The van der Waals surface area contributed by atoms with Gasteiger partial charge in [-0.25, -0.2) is 13.8 Å². The first-order valence-electron chi connectivity index (χ1n) is 4.59. The van der Waals surface area contributed by atoms with Crippen LogP contribution in [0, 0.1) is 0 Å². The van der Waals surface area contributed by atoms with Crippen LogP contribution in [-0.2, 0) is 0 Å². The van der Waals surface area contributed by atoms with Crippen LogP contribution in [-0.4, -0.2) is 35.0 Å². The van der Waals surface area contributed by atoms with Gasteiger partial charge in [0.05, 0.1) is 0 Å². The molecule has 1 aromatic rings. The molecule has 0 radical (unpaired) electrons. The monoisotopic (exact) mass is 267 g/mol. The van der Waals surface area contributed by atoms with Crippen LogP contribution in [0.2, 0.25) is 0 Å². The maximum absolute atomic E-state index is 12.6. The lowest BCUT2D eigenvalue weighted by Gasteiger charge is -2.15. The molecule has 100 valence electrons. The molecule has 0 amide bonds. The van der Waals surface area contributed by atoms with Crippen molar-refractivity contribution in [3.63, 3.8) is 0 Å². The van der Waals surface area contributed by atoms with E-state index in [0.29, 0.717) is 0 Å². The van der Waals surface area contributed by atoms with Gasteiger partial charge < -0.3 is 15.7 Å². The molecule has 0 spiro atoms. The maximum Gasteiger partial charge on any atom is 0.340 e. The van der Waals surface area contributed by atoms with Gasteiger partial charge in [0.1, 0.15) is 0 Å². The highest BCUT2D eigenvalue weighted by Crippen LogP contribution is 2.23. The fourth-order valence-corrected chi connectivity index (χ4v) is 0.939. The van der Waals surface area contributed by atoms with Crippen molar-refractivity contribution in [2.24, 2.45) is 10.9 Å². The second kappa shape index (κ2) is 5.52. The number of halogens is 4. The van der Waals surface area contributed by atoms with Crippen LogP contribution in [0.1, 0.15) is 5.56 Å². The molecule has 1 heterocycles. The van der Waals surface area contributed by atoms with Gasteiger partial charge in [0, 0.05) is 17.8 Å². The minimum atomic E-state index is -4.27. The third kappa shape index (κ3) is 3.47. The third-order valence-corrected chi connectivity index (χ3v) is 1.87. The summed E-state index contributed by atoms with van der Waals surface area (Å²) in [5, 5.41) is 11.1. The zero-order valence-electron chi connectivity index (χ0n) is 8.86. The molecule has 18 heavy (non-hydrogen) atoms. The van der Waals surface area contributed by atoms with Crippen LogP contribution < -0.4 is 10.5 Å². The Bertz CT molecular complexity index is 440. The standard InChI is InChI=1S/C9H9F4N3O2/c10-8(11)9(12,13)4-18-6-3-5(1-2-15-6)7(14)16-17/h1-3,8,17H,4H2,(H2,14,16). The van der Waals surface area contributed by atoms with Crippen LogP contribution in [0.15, 0.2) is 23.5 Å². The molecule has 0 unspecified atom stereocenters. The summed E-state index contributed by atoms with van der Waals surface area (Å²) in [6.07, 6.45) is -2.69. The topological polar surface area (TPSA) is 80.7 Å². The highest BCUT2D eigenvalue weighted by Gasteiger charge is 2.41. The van der Waals surface area contributed by atoms with Crippen molar-refractivity contribution in [2.75, 3.05) is 6.61 Å². The van der Waals surface area contributed by atoms with Crippen LogP contribution in [0.25, 0.3) is 0 Å². The number of oxime groups is 1. The van der Waals surface area contributed by atoms with E-state index in [-0.39, 0.29) is 17.3 Å². The summed E-state index contributed by atoms with van der Waals surface area (Å²) in [5.74, 6) is -4.89. The smallest absolute Gasteiger partial charge is 0.340 e. The maximum atomic E-state index is 12.6. The number of nitrogens with two attached hydrogens (primary N) is 1. The molecule has 0 saturated carbocycles. The molecular formula is C9H9F4N3O2. The van der Waals surface area contributed by atoms with Crippen LogP contribution in [0.3, 0.4) is 0 Å². The minimum Gasteiger partial charge on any atom is -0.471 e. The number of pyridine rings is 1. The zero-order chi connectivity index (χ0) is 13.8. The number of rotatable bonds is 5. The van der Waals surface area contributed by atoms with Gasteiger partial charge in [-0.15, -0.1) is 0 Å². The molecule has 3 N–H and O–H groups in total. The second-order valence-electron chi connectivity index (χ2n) is 3.22. The van der Waals surface area contributed by atoms with Crippen molar-refractivity contribution in [3.05, 3.63) is 23.9 Å². The number of hydrogen-bond acceptors (Lipinski definition) is 4. The van der Waals surface area contributed by atoms with Crippen molar-refractivity contribution in [2.45, 2.75) is 12.3 Å². The SMILES string of the molecule is N/C(=N\O)c1ccnc(OCC(F)(F)C(F)F)c1. The van der Waals surface area contributed by atoms with Crippen LogP contribution in [0.4, 0.5) is 17.6 Å². The summed E-state index contributed by atoms with van der Waals surface area (Å²) >= 11 is 0. The van der Waals surface area contributed by atoms with Crippen molar-refractivity contribution in [1.82, 2.24) is 4.98 Å². The van der Waals surface area contributed by atoms with E-state index in [0.717, 1.165) is 12.3 Å². The van der Waals surface area contributed by atoms with E-state index in [1.54, 1.807) is 0 Å². The highest BCUT2D eigenvalue weighted by atomic mass is 19.3. The van der Waals surface area contributed by atoms with E-state index >= 15 is 0 Å². The van der Waals surface area contributed by atoms with Gasteiger partial charge in [-0.05, 0) is 6.07 Å². The Balaban J connectivity index is 2.75. The Kier molecular flexibility index (Phi) is 4.29. The predicted octanol–water partition coefficient (Wildman–Crippen LogP) is 1.46. The first kappa shape index (κ1) is 14.0. The summed E-state index contributed by atoms with van der Waals surface area (Å²) in [6.45, 7) is -1.52. The lowest BCUT2D eigenvalue weighted by atomic mass is 10.2. The van der Waals surface area contributed by atoms with Gasteiger partial charge in [0.2, 0.25) is 5.88 Å². The number of amidine groups is 1. The normalized spacial score (nSPS) is 12.8. The quantitative estimate of drug-likeness (QED) is 0.278. The van der Waals surface area contributed by atoms with Gasteiger partial charge in [0.15, 0.2) is 12.4 Å². The van der Waals surface area contributed by atoms with E-state index in [1.165, 1.54) is 6.07 Å². The average molecular weight is 267 g/mol. The van der Waals surface area contributed by atoms with Crippen LogP contribution >= 0.6 is 0 Å². The molecular weight excluding hydrogens is 258 g/mol. The molecule has 0 aliphatic rings. The van der Waals surface area contributed by atoms with Crippen molar-refractivity contribution < 1.29 is 27.5 Å². The summed E-state index contributed by atoms with van der Waals surface area (Å²) in [7, 11) is 0. The molecule has 0 aliphatic carbocycles. The molecule has 0 saturated heterocycles. The largest absolute Gasteiger partial charge is 0.471 e. The van der Waals surface area contributed by atoms with Gasteiger partial charge in [0.25, 0.3) is 0 Å². The molecule has 0 fully saturated rings. The highest BCUT2D eigenvalue weighted by molar-refractivity contribution is 5.97. The molecule has 0 bridgehead atoms. The minimum absolute atomic E-state index is 0.155. The average Bonchev–Trinajstić information content (AvgIpc) is 2.35. The summed E-state index contributed by atoms with van der Waals surface area (Å²) < 4.78 is 53.3. The molecule has 1 rings (SSSR count). The number of alkyl halides is 4. The Labute approximate surface area is 98.9 Å². The van der Waals surface area contributed by atoms with Crippen molar-refractivity contribution in [3.8, 4) is 5.88 Å². The molecule has 5 nitrogen and oxygen atoms in total. The van der Waals surface area contributed by atoms with Gasteiger partial charge in [-0.3, -0.25) is 0 Å². The molecule has 0 atom stereocenters. The number of hydrogen-bond donors (Lipinski definition) is 2. The summed E-state index contributed by atoms with van der Waals surface area (Å²) in [5.41, 5.74) is 5.40. The number of nitrogens with zero attached hydrogens (tertiary/aromatic N) is 2. The van der Waals surface area contributed by atoms with E-state index in [9.17, 15) is 17.6 Å². The first-order valence-corrected chi connectivity index (χ1v) is 4.59. The van der Waals surface area contributed by atoms with Crippen molar-refractivity contribution in [1.29, 1.82) is 0 Å². The first-order chi connectivity index (χ1) is 8.36. The van der Waals surface area contributed by atoms with Gasteiger partial charge >= 0.3 is 12.3 Å². The van der Waals surface area contributed by atoms with Crippen molar-refractivity contribution >= 4 is 5.84 Å². The Morgan fingerprint density at radius 2 is 2.22 bits per heavy atom. The lowest BCUT2D eigenvalue weighted by molar-refractivity contribution is -0.148. The van der Waals surface area contributed by atoms with E-state index in [1.807, 2.05) is 0 Å². The fourth-order valence-electron chi connectivity index (χ4n) is 0.939. The number of aromatic nitrogens is 1. The fraction of sp³-hybridized carbons (Fsp3) is 0.333. The van der Waals surface area contributed by atoms with Gasteiger partial charge in [-0.1, -0.05) is 5.16 Å². The Hall–Kier alpha value is -2.06. The Morgan fingerprint density at radius 1 is 1.56 bits per heavy atom. The molecule has 1 aromatic heterocycles. The molecule has 0 aliphatic heterocycles. The number of ether oxygens (including phenoxy) is 1. The Morgan fingerprint density at radius 3 is 2.78 bits per heavy atom. The zero-order valence-corrected chi connectivity index (χ0v) is 8.86. The lowest BCUT2D eigenvalue weighted by Crippen LogP contribution is -2.33. The summed E-state index contributed by atoms with van der Waals surface area (Å²) in [4.78, 5) is 3.53. The third-order valence-electron chi connectivity index (χ3n) is 1.87. The second-order valence-corrected chi connectivity index (χ2v) is 3.22. The predicted molar refractivity (Wildman–Crippen MR) is 53.2 cm³/mol. The van der Waals surface area contributed by atoms with Gasteiger partial charge in [-0.2, -0.15) is 8.78 Å².